The van der Waals surface area contributed by atoms with Gasteiger partial charge in [-0.05, 0) is 6.42 Å². The first-order valence-corrected chi connectivity index (χ1v) is 5.61. The molecule has 0 aromatic rings. The standard InChI is InChI=1S/C10H21NO5/c1-2-3-4-15-10-7(11)9(14)8(13)6(5-12)16-10/h6-10,12-14H,2-5,11H2,1H3/t6-,7-,8-,9-,10?/m1/s1. The number of hydrogen-bond acceptors (Lipinski definition) is 6. The monoisotopic (exact) mass is 235 g/mol. The third-order valence-corrected chi connectivity index (χ3v) is 2.71. The van der Waals surface area contributed by atoms with Gasteiger partial charge in [0.1, 0.15) is 18.3 Å². The fourth-order valence-electron chi connectivity index (χ4n) is 1.60. The molecule has 1 fully saturated rings. The highest BCUT2D eigenvalue weighted by atomic mass is 16.7. The van der Waals surface area contributed by atoms with Gasteiger partial charge < -0.3 is 30.5 Å². The molecule has 1 aliphatic heterocycles. The molecule has 0 radical (unpaired) electrons. The maximum atomic E-state index is 9.63. The minimum Gasteiger partial charge on any atom is -0.394 e. The minimum atomic E-state index is -1.17. The van der Waals surface area contributed by atoms with Crippen molar-refractivity contribution in [3.8, 4) is 0 Å². The average Bonchev–Trinajstić information content (AvgIpc) is 2.29. The van der Waals surface area contributed by atoms with E-state index in [4.69, 9.17) is 20.3 Å². The number of ether oxygens (including phenoxy) is 2. The van der Waals surface area contributed by atoms with Crippen molar-refractivity contribution in [1.29, 1.82) is 0 Å². The summed E-state index contributed by atoms with van der Waals surface area (Å²) in [6.07, 6.45) is -2.09. The second kappa shape index (κ2) is 6.48. The van der Waals surface area contributed by atoms with E-state index in [2.05, 4.69) is 0 Å². The van der Waals surface area contributed by atoms with E-state index in [0.29, 0.717) is 6.61 Å². The Labute approximate surface area is 95.0 Å². The first kappa shape index (κ1) is 13.8. The fourth-order valence-corrected chi connectivity index (χ4v) is 1.60. The van der Waals surface area contributed by atoms with Crippen LogP contribution in [0.25, 0.3) is 0 Å². The summed E-state index contributed by atoms with van der Waals surface area (Å²) < 4.78 is 10.6. The minimum absolute atomic E-state index is 0.376. The van der Waals surface area contributed by atoms with Crippen LogP contribution < -0.4 is 5.73 Å². The first-order chi connectivity index (χ1) is 7.61. The lowest BCUT2D eigenvalue weighted by atomic mass is 9.98. The van der Waals surface area contributed by atoms with E-state index in [1.807, 2.05) is 6.92 Å². The molecule has 1 saturated heterocycles. The summed E-state index contributed by atoms with van der Waals surface area (Å²) in [5.41, 5.74) is 5.67. The summed E-state index contributed by atoms with van der Waals surface area (Å²) in [6.45, 7) is 2.13. The van der Waals surface area contributed by atoms with Crippen LogP contribution in [0.2, 0.25) is 0 Å². The molecule has 0 spiro atoms. The van der Waals surface area contributed by atoms with Gasteiger partial charge in [0.25, 0.3) is 0 Å². The van der Waals surface area contributed by atoms with Gasteiger partial charge in [0.05, 0.1) is 12.6 Å². The SMILES string of the molecule is CCCCOC1O[C@H](CO)[C@@H](O)[C@H](O)[C@H]1N. The van der Waals surface area contributed by atoms with Crippen LogP contribution in [0.1, 0.15) is 19.8 Å². The highest BCUT2D eigenvalue weighted by Crippen LogP contribution is 2.20. The molecule has 5 N–H and O–H groups in total. The normalized spacial score (nSPS) is 39.9. The van der Waals surface area contributed by atoms with Crippen molar-refractivity contribution in [1.82, 2.24) is 0 Å². The topological polar surface area (TPSA) is 105 Å². The molecule has 96 valence electrons. The Bertz CT molecular complexity index is 202. The van der Waals surface area contributed by atoms with Crippen molar-refractivity contribution >= 4 is 0 Å². The number of rotatable bonds is 5. The summed E-state index contributed by atoms with van der Waals surface area (Å²) in [4.78, 5) is 0. The summed E-state index contributed by atoms with van der Waals surface area (Å²) in [7, 11) is 0. The maximum absolute atomic E-state index is 9.63. The third-order valence-electron chi connectivity index (χ3n) is 2.71. The Kier molecular flexibility index (Phi) is 5.60. The van der Waals surface area contributed by atoms with Gasteiger partial charge in [-0.1, -0.05) is 13.3 Å². The molecule has 5 atom stereocenters. The Morgan fingerprint density at radius 3 is 2.56 bits per heavy atom. The van der Waals surface area contributed by atoms with E-state index in [1.165, 1.54) is 0 Å². The van der Waals surface area contributed by atoms with E-state index in [1.54, 1.807) is 0 Å². The van der Waals surface area contributed by atoms with Crippen LogP contribution in [0, 0.1) is 0 Å². The van der Waals surface area contributed by atoms with Crippen LogP contribution >= 0.6 is 0 Å². The van der Waals surface area contributed by atoms with Crippen molar-refractivity contribution in [3.05, 3.63) is 0 Å². The average molecular weight is 235 g/mol. The zero-order valence-electron chi connectivity index (χ0n) is 9.45. The van der Waals surface area contributed by atoms with Crippen LogP contribution in [0.5, 0.6) is 0 Å². The number of aliphatic hydroxyl groups excluding tert-OH is 3. The molecular weight excluding hydrogens is 214 g/mol. The molecular formula is C10H21NO5. The van der Waals surface area contributed by atoms with Crippen LogP contribution in [0.15, 0.2) is 0 Å². The molecule has 0 bridgehead atoms. The molecule has 1 unspecified atom stereocenters. The number of aliphatic hydroxyl groups is 3. The van der Waals surface area contributed by atoms with Crippen molar-refractivity contribution in [2.45, 2.75) is 50.4 Å². The molecule has 0 amide bonds. The quantitative estimate of drug-likeness (QED) is 0.435. The summed E-state index contributed by atoms with van der Waals surface area (Å²) in [5, 5.41) is 28.1. The Balaban J connectivity index is 2.50. The summed E-state index contributed by atoms with van der Waals surface area (Å²) in [5.74, 6) is 0. The van der Waals surface area contributed by atoms with Gasteiger partial charge in [-0.3, -0.25) is 0 Å². The van der Waals surface area contributed by atoms with Crippen molar-refractivity contribution in [2.75, 3.05) is 13.2 Å². The molecule has 6 nitrogen and oxygen atoms in total. The Hall–Kier alpha value is -0.240. The number of unbranched alkanes of at least 4 members (excludes halogenated alkanes) is 1. The molecule has 1 heterocycles. The van der Waals surface area contributed by atoms with Crippen LogP contribution in [-0.4, -0.2) is 59.2 Å². The second-order valence-corrected chi connectivity index (χ2v) is 4.01. The highest BCUT2D eigenvalue weighted by Gasteiger charge is 2.42. The van der Waals surface area contributed by atoms with Crippen LogP contribution in [0.3, 0.4) is 0 Å². The zero-order chi connectivity index (χ0) is 12.1. The molecule has 0 aromatic heterocycles. The van der Waals surface area contributed by atoms with Gasteiger partial charge in [-0.2, -0.15) is 0 Å². The van der Waals surface area contributed by atoms with Crippen LogP contribution in [-0.2, 0) is 9.47 Å². The second-order valence-electron chi connectivity index (χ2n) is 4.01. The predicted octanol–water partition coefficient (Wildman–Crippen LogP) is -1.43. The van der Waals surface area contributed by atoms with E-state index < -0.39 is 30.6 Å². The summed E-state index contributed by atoms with van der Waals surface area (Å²) >= 11 is 0. The molecule has 1 aliphatic rings. The van der Waals surface area contributed by atoms with Gasteiger partial charge in [0.2, 0.25) is 0 Å². The van der Waals surface area contributed by atoms with Gasteiger partial charge >= 0.3 is 0 Å². The smallest absolute Gasteiger partial charge is 0.175 e. The van der Waals surface area contributed by atoms with E-state index in [-0.39, 0.29) is 6.61 Å². The fraction of sp³-hybridized carbons (Fsp3) is 1.00. The lowest BCUT2D eigenvalue weighted by Crippen LogP contribution is -2.62. The van der Waals surface area contributed by atoms with E-state index in [0.717, 1.165) is 12.8 Å². The number of hydrogen-bond donors (Lipinski definition) is 4. The van der Waals surface area contributed by atoms with E-state index >= 15 is 0 Å². The van der Waals surface area contributed by atoms with Gasteiger partial charge in [-0.15, -0.1) is 0 Å². The van der Waals surface area contributed by atoms with Crippen molar-refractivity contribution in [3.63, 3.8) is 0 Å². The predicted molar refractivity (Wildman–Crippen MR) is 56.6 cm³/mol. The highest BCUT2D eigenvalue weighted by molar-refractivity contribution is 4.91. The first-order valence-electron chi connectivity index (χ1n) is 5.61. The lowest BCUT2D eigenvalue weighted by molar-refractivity contribution is -0.265. The molecule has 0 saturated carbocycles. The molecule has 16 heavy (non-hydrogen) atoms. The number of nitrogens with two attached hydrogens (primary N) is 1. The lowest BCUT2D eigenvalue weighted by Gasteiger charge is -2.40. The van der Waals surface area contributed by atoms with Gasteiger partial charge in [0, 0.05) is 6.61 Å². The molecule has 0 aliphatic carbocycles. The zero-order valence-corrected chi connectivity index (χ0v) is 9.45. The molecule has 6 heteroatoms. The Morgan fingerprint density at radius 2 is 2.00 bits per heavy atom. The van der Waals surface area contributed by atoms with Gasteiger partial charge in [0.15, 0.2) is 6.29 Å². The molecule has 0 aromatic carbocycles. The van der Waals surface area contributed by atoms with E-state index in [9.17, 15) is 10.2 Å². The van der Waals surface area contributed by atoms with Crippen LogP contribution in [0.4, 0.5) is 0 Å². The van der Waals surface area contributed by atoms with Gasteiger partial charge in [-0.25, -0.2) is 0 Å². The van der Waals surface area contributed by atoms with Crippen molar-refractivity contribution in [2.24, 2.45) is 5.73 Å². The summed E-state index contributed by atoms with van der Waals surface area (Å²) in [6, 6.07) is -0.797. The Morgan fingerprint density at radius 1 is 1.31 bits per heavy atom. The van der Waals surface area contributed by atoms with Crippen molar-refractivity contribution < 1.29 is 24.8 Å². The largest absolute Gasteiger partial charge is 0.394 e. The third kappa shape index (κ3) is 3.13. The molecule has 1 rings (SSSR count). The maximum Gasteiger partial charge on any atom is 0.175 e.